The van der Waals surface area contributed by atoms with Crippen molar-refractivity contribution in [3.63, 3.8) is 0 Å². The van der Waals surface area contributed by atoms with Gasteiger partial charge >= 0.3 is 0 Å². The number of ether oxygens (including phenoxy) is 1. The molecule has 0 bridgehead atoms. The maximum Gasteiger partial charge on any atom is 0.262 e. The van der Waals surface area contributed by atoms with Gasteiger partial charge in [-0.2, -0.15) is 0 Å². The summed E-state index contributed by atoms with van der Waals surface area (Å²) in [5.74, 6) is 2.04. The van der Waals surface area contributed by atoms with E-state index in [2.05, 4.69) is 17.6 Å². The monoisotopic (exact) mass is 289 g/mol. The second-order valence-corrected chi connectivity index (χ2v) is 6.29. The Bertz CT molecular complexity index is 545. The number of carbonyl (C=O) groups excluding carboxylic acids is 1. The Morgan fingerprint density at radius 3 is 3.10 bits per heavy atom. The van der Waals surface area contributed by atoms with Gasteiger partial charge in [0.1, 0.15) is 5.75 Å². The average Bonchev–Trinajstić information content (AvgIpc) is 2.45. The number of amides is 1. The third-order valence-corrected chi connectivity index (χ3v) is 4.41. The molecule has 4 N–H and O–H groups in total. The van der Waals surface area contributed by atoms with Gasteiger partial charge in [0.05, 0.1) is 17.1 Å². The molecule has 0 radical (unpaired) electrons. The van der Waals surface area contributed by atoms with Crippen LogP contribution in [0.3, 0.4) is 0 Å². The van der Waals surface area contributed by atoms with Crippen LogP contribution in [0, 0.1) is 11.8 Å². The highest BCUT2D eigenvalue weighted by Crippen LogP contribution is 2.36. The highest BCUT2D eigenvalue weighted by molar-refractivity contribution is 5.97. The van der Waals surface area contributed by atoms with Crippen LogP contribution in [0.1, 0.15) is 32.6 Å². The molecule has 1 aliphatic heterocycles. The van der Waals surface area contributed by atoms with E-state index in [1.807, 2.05) is 6.07 Å². The number of nitrogens with one attached hydrogen (secondary N) is 2. The maximum absolute atomic E-state index is 11.4. The van der Waals surface area contributed by atoms with Crippen molar-refractivity contribution in [3.8, 4) is 5.75 Å². The van der Waals surface area contributed by atoms with Gasteiger partial charge in [-0.3, -0.25) is 4.79 Å². The lowest BCUT2D eigenvalue weighted by Gasteiger charge is -2.27. The third kappa shape index (κ3) is 3.23. The van der Waals surface area contributed by atoms with Crippen molar-refractivity contribution >= 4 is 23.0 Å². The summed E-state index contributed by atoms with van der Waals surface area (Å²) < 4.78 is 5.36. The number of benzene rings is 1. The molecule has 5 heteroatoms. The first kappa shape index (κ1) is 14.0. The molecule has 21 heavy (non-hydrogen) atoms. The lowest BCUT2D eigenvalue weighted by Crippen LogP contribution is -2.26. The van der Waals surface area contributed by atoms with Crippen LogP contribution in [0.2, 0.25) is 0 Å². The average molecular weight is 289 g/mol. The normalized spacial score (nSPS) is 24.7. The molecule has 1 saturated carbocycles. The summed E-state index contributed by atoms with van der Waals surface area (Å²) >= 11 is 0. The van der Waals surface area contributed by atoms with Crippen LogP contribution in [0.4, 0.5) is 17.1 Å². The molecule has 1 aliphatic carbocycles. The number of nitrogens with two attached hydrogens (primary N) is 1. The number of carbonyl (C=O) groups is 1. The van der Waals surface area contributed by atoms with Crippen molar-refractivity contribution in [1.29, 1.82) is 0 Å². The summed E-state index contributed by atoms with van der Waals surface area (Å²) in [6, 6.07) is 3.65. The maximum atomic E-state index is 11.4. The zero-order chi connectivity index (χ0) is 14.8. The molecular formula is C16H23N3O2. The summed E-state index contributed by atoms with van der Waals surface area (Å²) in [5, 5.41) is 6.25. The van der Waals surface area contributed by atoms with Crippen LogP contribution >= 0.6 is 0 Å². The quantitative estimate of drug-likeness (QED) is 0.748. The molecule has 1 amide bonds. The van der Waals surface area contributed by atoms with E-state index in [1.165, 1.54) is 25.7 Å². The molecule has 114 valence electrons. The van der Waals surface area contributed by atoms with Crippen LogP contribution in [0.5, 0.6) is 5.75 Å². The Morgan fingerprint density at radius 1 is 1.43 bits per heavy atom. The summed E-state index contributed by atoms with van der Waals surface area (Å²) in [7, 11) is 0. The predicted molar refractivity (Wildman–Crippen MR) is 84.6 cm³/mol. The van der Waals surface area contributed by atoms with E-state index in [4.69, 9.17) is 10.5 Å². The molecular weight excluding hydrogens is 266 g/mol. The lowest BCUT2D eigenvalue weighted by atomic mass is 9.82. The first-order valence-corrected chi connectivity index (χ1v) is 7.72. The van der Waals surface area contributed by atoms with Crippen LogP contribution in [-0.4, -0.2) is 19.1 Å². The summed E-state index contributed by atoms with van der Waals surface area (Å²) in [6.45, 7) is 3.31. The first-order chi connectivity index (χ1) is 10.1. The Balaban J connectivity index is 1.67. The van der Waals surface area contributed by atoms with Crippen LogP contribution in [0.25, 0.3) is 0 Å². The number of hydrogen-bond donors (Lipinski definition) is 3. The van der Waals surface area contributed by atoms with Crippen molar-refractivity contribution in [2.75, 3.05) is 29.5 Å². The SMILES string of the molecule is CC1CCCC(CNc2cc3c(cc2N)OCC(=O)N3)C1. The summed E-state index contributed by atoms with van der Waals surface area (Å²) in [6.07, 6.45) is 5.22. The van der Waals surface area contributed by atoms with Crippen molar-refractivity contribution < 1.29 is 9.53 Å². The topological polar surface area (TPSA) is 76.4 Å². The Hall–Kier alpha value is -1.91. The second kappa shape index (κ2) is 5.84. The highest BCUT2D eigenvalue weighted by Gasteiger charge is 2.20. The van der Waals surface area contributed by atoms with Gasteiger partial charge in [0, 0.05) is 12.6 Å². The van der Waals surface area contributed by atoms with E-state index in [9.17, 15) is 4.79 Å². The number of rotatable bonds is 3. The molecule has 1 aromatic carbocycles. The van der Waals surface area contributed by atoms with Gasteiger partial charge in [-0.15, -0.1) is 0 Å². The number of nitrogen functional groups attached to an aromatic ring is 1. The lowest BCUT2D eigenvalue weighted by molar-refractivity contribution is -0.118. The van der Waals surface area contributed by atoms with Gasteiger partial charge in [-0.1, -0.05) is 19.8 Å². The van der Waals surface area contributed by atoms with E-state index >= 15 is 0 Å². The molecule has 0 saturated heterocycles. The Morgan fingerprint density at radius 2 is 2.29 bits per heavy atom. The third-order valence-electron chi connectivity index (χ3n) is 4.41. The Labute approximate surface area is 125 Å². The van der Waals surface area contributed by atoms with Gasteiger partial charge in [0.25, 0.3) is 5.91 Å². The van der Waals surface area contributed by atoms with E-state index in [-0.39, 0.29) is 12.5 Å². The fourth-order valence-corrected chi connectivity index (χ4v) is 3.29. The number of fused-ring (bicyclic) bond motifs is 1. The Kier molecular flexibility index (Phi) is 3.90. The summed E-state index contributed by atoms with van der Waals surface area (Å²) in [4.78, 5) is 11.4. The fraction of sp³-hybridized carbons (Fsp3) is 0.562. The zero-order valence-corrected chi connectivity index (χ0v) is 12.4. The van der Waals surface area contributed by atoms with E-state index in [0.29, 0.717) is 23.0 Å². The molecule has 1 fully saturated rings. The first-order valence-electron chi connectivity index (χ1n) is 7.72. The van der Waals surface area contributed by atoms with E-state index in [0.717, 1.165) is 18.2 Å². The van der Waals surface area contributed by atoms with Crippen molar-refractivity contribution in [2.24, 2.45) is 11.8 Å². The van der Waals surface area contributed by atoms with Crippen molar-refractivity contribution in [2.45, 2.75) is 32.6 Å². The molecule has 1 aromatic rings. The molecule has 1 heterocycles. The molecule has 0 aromatic heterocycles. The molecule has 2 aliphatic rings. The standard InChI is InChI=1S/C16H23N3O2/c1-10-3-2-4-11(5-10)8-18-13-7-14-15(6-12(13)17)21-9-16(20)19-14/h6-7,10-11,18H,2-5,8-9,17H2,1H3,(H,19,20). The molecule has 0 spiro atoms. The van der Waals surface area contributed by atoms with E-state index < -0.39 is 0 Å². The number of hydrogen-bond acceptors (Lipinski definition) is 4. The van der Waals surface area contributed by atoms with Crippen LogP contribution in [-0.2, 0) is 4.79 Å². The molecule has 5 nitrogen and oxygen atoms in total. The largest absolute Gasteiger partial charge is 0.482 e. The fourth-order valence-electron chi connectivity index (χ4n) is 3.29. The van der Waals surface area contributed by atoms with Crippen LogP contribution < -0.4 is 21.1 Å². The minimum atomic E-state index is -0.126. The second-order valence-electron chi connectivity index (χ2n) is 6.29. The minimum absolute atomic E-state index is 0.0547. The molecule has 2 unspecified atom stereocenters. The van der Waals surface area contributed by atoms with Gasteiger partial charge < -0.3 is 21.1 Å². The highest BCUT2D eigenvalue weighted by atomic mass is 16.5. The summed E-state index contributed by atoms with van der Waals surface area (Å²) in [5.41, 5.74) is 8.30. The molecule has 2 atom stereocenters. The predicted octanol–water partition coefficient (Wildman–Crippen LogP) is 2.84. The van der Waals surface area contributed by atoms with Gasteiger partial charge in [-0.25, -0.2) is 0 Å². The van der Waals surface area contributed by atoms with Gasteiger partial charge in [-0.05, 0) is 30.7 Å². The van der Waals surface area contributed by atoms with Crippen molar-refractivity contribution in [1.82, 2.24) is 0 Å². The molecule has 3 rings (SSSR count). The minimum Gasteiger partial charge on any atom is -0.482 e. The van der Waals surface area contributed by atoms with E-state index in [1.54, 1.807) is 6.07 Å². The van der Waals surface area contributed by atoms with Crippen molar-refractivity contribution in [3.05, 3.63) is 12.1 Å². The zero-order valence-electron chi connectivity index (χ0n) is 12.4. The van der Waals surface area contributed by atoms with Crippen LogP contribution in [0.15, 0.2) is 12.1 Å². The van der Waals surface area contributed by atoms with Gasteiger partial charge in [0.2, 0.25) is 0 Å². The smallest absolute Gasteiger partial charge is 0.262 e. The van der Waals surface area contributed by atoms with Gasteiger partial charge in [0.15, 0.2) is 6.61 Å². The number of anilines is 3.